The van der Waals surface area contributed by atoms with Crippen molar-refractivity contribution in [1.29, 1.82) is 0 Å². The van der Waals surface area contributed by atoms with Crippen molar-refractivity contribution < 1.29 is 4.79 Å². The number of nitrogens with one attached hydrogen (secondary N) is 1. The lowest BCUT2D eigenvalue weighted by molar-refractivity contribution is 0.0764. The van der Waals surface area contributed by atoms with E-state index in [1.54, 1.807) is 0 Å². The number of nitrogens with zero attached hydrogens (tertiary/aromatic N) is 1. The highest BCUT2D eigenvalue weighted by atomic mass is 35.5. The van der Waals surface area contributed by atoms with E-state index in [0.717, 1.165) is 25.2 Å². The average molecular weight is 281 g/mol. The van der Waals surface area contributed by atoms with Crippen LogP contribution in [0.2, 0.25) is 5.02 Å². The van der Waals surface area contributed by atoms with Gasteiger partial charge in [0.1, 0.15) is 0 Å². The summed E-state index contributed by atoms with van der Waals surface area (Å²) in [5.74, 6) is 0.618. The van der Waals surface area contributed by atoms with Crippen molar-refractivity contribution in [3.05, 3.63) is 34.3 Å². The molecule has 2 rings (SSSR count). The molecular weight excluding hydrogens is 260 g/mol. The van der Waals surface area contributed by atoms with Crippen LogP contribution in [0.1, 0.15) is 28.8 Å². The van der Waals surface area contributed by atoms with Gasteiger partial charge >= 0.3 is 0 Å². The fourth-order valence-electron chi connectivity index (χ4n) is 2.59. The van der Waals surface area contributed by atoms with Crippen molar-refractivity contribution in [2.75, 3.05) is 26.7 Å². The molecule has 4 heteroatoms. The molecule has 1 N–H and O–H groups in total. The normalized spacial score (nSPS) is 19.2. The van der Waals surface area contributed by atoms with Crippen molar-refractivity contribution >= 4 is 17.5 Å². The summed E-state index contributed by atoms with van der Waals surface area (Å²) >= 11 is 6.07. The summed E-state index contributed by atoms with van der Waals surface area (Å²) < 4.78 is 0. The maximum atomic E-state index is 12.4. The monoisotopic (exact) mass is 280 g/mol. The standard InChI is InChI=1S/C15H21ClN2O/c1-11-13(6-3-7-14(11)16)15(19)18(2)10-12-5-4-8-17-9-12/h3,6-7,12,17H,4-5,8-10H2,1-2H3. The largest absolute Gasteiger partial charge is 0.341 e. The molecule has 3 nitrogen and oxygen atoms in total. The van der Waals surface area contributed by atoms with Gasteiger partial charge in [0.15, 0.2) is 0 Å². The van der Waals surface area contributed by atoms with Crippen molar-refractivity contribution in [3.63, 3.8) is 0 Å². The molecular formula is C15H21ClN2O. The molecule has 1 aromatic carbocycles. The fourth-order valence-corrected chi connectivity index (χ4v) is 2.77. The summed E-state index contributed by atoms with van der Waals surface area (Å²) in [5.41, 5.74) is 1.57. The van der Waals surface area contributed by atoms with Crippen molar-refractivity contribution in [3.8, 4) is 0 Å². The van der Waals surface area contributed by atoms with Gasteiger partial charge in [-0.1, -0.05) is 17.7 Å². The van der Waals surface area contributed by atoms with Gasteiger partial charge in [-0.3, -0.25) is 4.79 Å². The Bertz CT molecular complexity index is 455. The molecule has 1 unspecified atom stereocenters. The molecule has 1 aromatic rings. The number of halogens is 1. The minimum absolute atomic E-state index is 0.0607. The Morgan fingerprint density at radius 1 is 1.53 bits per heavy atom. The quantitative estimate of drug-likeness (QED) is 0.923. The van der Waals surface area contributed by atoms with Crippen molar-refractivity contribution in [1.82, 2.24) is 10.2 Å². The van der Waals surface area contributed by atoms with Gasteiger partial charge in [-0.05, 0) is 56.5 Å². The van der Waals surface area contributed by atoms with Crippen LogP contribution in [0.4, 0.5) is 0 Å². The zero-order valence-electron chi connectivity index (χ0n) is 11.6. The molecule has 1 saturated heterocycles. The van der Waals surface area contributed by atoms with Gasteiger partial charge in [0.25, 0.3) is 5.91 Å². The summed E-state index contributed by atoms with van der Waals surface area (Å²) in [6, 6.07) is 5.50. The third-order valence-electron chi connectivity index (χ3n) is 3.78. The summed E-state index contributed by atoms with van der Waals surface area (Å²) in [7, 11) is 1.87. The third kappa shape index (κ3) is 3.48. The lowest BCUT2D eigenvalue weighted by atomic mass is 9.98. The Balaban J connectivity index is 2.03. The van der Waals surface area contributed by atoms with E-state index in [2.05, 4.69) is 5.32 Å². The van der Waals surface area contributed by atoms with Crippen LogP contribution in [0, 0.1) is 12.8 Å². The summed E-state index contributed by atoms with van der Waals surface area (Å²) in [5, 5.41) is 4.03. The van der Waals surface area contributed by atoms with E-state index in [0.29, 0.717) is 16.5 Å². The van der Waals surface area contributed by atoms with E-state index in [4.69, 9.17) is 11.6 Å². The van der Waals surface area contributed by atoms with Crippen LogP contribution in [0.3, 0.4) is 0 Å². The number of hydrogen-bond acceptors (Lipinski definition) is 2. The van der Waals surface area contributed by atoms with Gasteiger partial charge in [-0.2, -0.15) is 0 Å². The van der Waals surface area contributed by atoms with Crippen LogP contribution in [-0.2, 0) is 0 Å². The SMILES string of the molecule is Cc1c(Cl)cccc1C(=O)N(C)CC1CCCNC1. The number of benzene rings is 1. The van der Waals surface area contributed by atoms with Gasteiger partial charge in [0.05, 0.1) is 0 Å². The Morgan fingerprint density at radius 2 is 2.32 bits per heavy atom. The van der Waals surface area contributed by atoms with E-state index in [-0.39, 0.29) is 5.91 Å². The predicted molar refractivity (Wildman–Crippen MR) is 78.7 cm³/mol. The molecule has 0 spiro atoms. The minimum Gasteiger partial charge on any atom is -0.341 e. The fraction of sp³-hybridized carbons (Fsp3) is 0.533. The molecule has 1 aliphatic rings. The second-order valence-corrected chi connectivity index (χ2v) is 5.72. The Hall–Kier alpha value is -1.06. The maximum absolute atomic E-state index is 12.4. The summed E-state index contributed by atoms with van der Waals surface area (Å²) in [6.07, 6.45) is 2.39. The van der Waals surface area contributed by atoms with Crippen molar-refractivity contribution in [2.24, 2.45) is 5.92 Å². The second-order valence-electron chi connectivity index (χ2n) is 5.31. The summed E-state index contributed by atoms with van der Waals surface area (Å²) in [6.45, 7) is 4.80. The molecule has 0 saturated carbocycles. The van der Waals surface area contributed by atoms with Gasteiger partial charge in [-0.25, -0.2) is 0 Å². The van der Waals surface area contributed by atoms with E-state index in [1.807, 2.05) is 37.1 Å². The third-order valence-corrected chi connectivity index (χ3v) is 4.19. The van der Waals surface area contributed by atoms with E-state index < -0.39 is 0 Å². The topological polar surface area (TPSA) is 32.3 Å². The van der Waals surface area contributed by atoms with Crippen molar-refractivity contribution in [2.45, 2.75) is 19.8 Å². The Morgan fingerprint density at radius 3 is 3.00 bits per heavy atom. The van der Waals surface area contributed by atoms with Crippen LogP contribution in [-0.4, -0.2) is 37.5 Å². The van der Waals surface area contributed by atoms with E-state index in [1.165, 1.54) is 12.8 Å². The average Bonchev–Trinajstić information content (AvgIpc) is 2.42. The first kappa shape index (κ1) is 14.4. The Labute approximate surface area is 119 Å². The Kier molecular flexibility index (Phi) is 4.83. The van der Waals surface area contributed by atoms with Crippen LogP contribution in [0.15, 0.2) is 18.2 Å². The van der Waals surface area contributed by atoms with Gasteiger partial charge in [0.2, 0.25) is 0 Å². The highest BCUT2D eigenvalue weighted by Crippen LogP contribution is 2.20. The van der Waals surface area contributed by atoms with E-state index >= 15 is 0 Å². The minimum atomic E-state index is 0.0607. The number of hydrogen-bond donors (Lipinski definition) is 1. The highest BCUT2D eigenvalue weighted by Gasteiger charge is 2.20. The smallest absolute Gasteiger partial charge is 0.253 e. The molecule has 0 aliphatic carbocycles. The van der Waals surface area contributed by atoms with Gasteiger partial charge < -0.3 is 10.2 Å². The molecule has 0 radical (unpaired) electrons. The number of carbonyl (C=O) groups excluding carboxylic acids is 1. The van der Waals surface area contributed by atoms with E-state index in [9.17, 15) is 4.79 Å². The molecule has 104 valence electrons. The number of rotatable bonds is 3. The highest BCUT2D eigenvalue weighted by molar-refractivity contribution is 6.31. The zero-order valence-corrected chi connectivity index (χ0v) is 12.3. The zero-order chi connectivity index (χ0) is 13.8. The molecule has 1 amide bonds. The molecule has 19 heavy (non-hydrogen) atoms. The first-order valence-corrected chi connectivity index (χ1v) is 7.18. The predicted octanol–water partition coefficient (Wildman–Crippen LogP) is 2.72. The maximum Gasteiger partial charge on any atom is 0.253 e. The molecule has 1 heterocycles. The number of carbonyl (C=O) groups is 1. The molecule has 1 aliphatic heterocycles. The molecule has 0 aromatic heterocycles. The van der Waals surface area contributed by atoms with Crippen LogP contribution in [0.25, 0.3) is 0 Å². The molecule has 1 atom stereocenters. The van der Waals surface area contributed by atoms with Gasteiger partial charge in [0, 0.05) is 24.2 Å². The second kappa shape index (κ2) is 6.40. The molecule has 1 fully saturated rings. The molecule has 0 bridgehead atoms. The first-order chi connectivity index (χ1) is 9.09. The first-order valence-electron chi connectivity index (χ1n) is 6.81. The van der Waals surface area contributed by atoms with Crippen LogP contribution in [0.5, 0.6) is 0 Å². The lowest BCUT2D eigenvalue weighted by Crippen LogP contribution is -2.39. The lowest BCUT2D eigenvalue weighted by Gasteiger charge is -2.28. The van der Waals surface area contributed by atoms with Gasteiger partial charge in [-0.15, -0.1) is 0 Å². The summed E-state index contributed by atoms with van der Waals surface area (Å²) in [4.78, 5) is 14.3. The van der Waals surface area contributed by atoms with Crippen LogP contribution < -0.4 is 5.32 Å². The number of amides is 1. The van der Waals surface area contributed by atoms with Crippen LogP contribution >= 0.6 is 11.6 Å². The number of piperidine rings is 1.